The number of hydrogen-bond donors (Lipinski definition) is 2. The Morgan fingerprint density at radius 2 is 2.00 bits per heavy atom. The molecule has 1 saturated carbocycles. The SMILES string of the molecule is NC1CCN(c2cc3c(cc2F)c(=O)c(C(=O)OCC2=C(C(=O)O)N4C(=O)CC4SC2)cn3C2CC2)C1. The average Bonchev–Trinajstić information content (AvgIpc) is 3.61. The Morgan fingerprint density at radius 1 is 1.22 bits per heavy atom. The number of carboxylic acids is 1. The minimum Gasteiger partial charge on any atom is -0.477 e. The summed E-state index contributed by atoms with van der Waals surface area (Å²) in [5, 5.41) is 9.50. The third kappa shape index (κ3) is 4.08. The predicted molar refractivity (Wildman–Crippen MR) is 134 cm³/mol. The molecule has 2 atom stereocenters. The van der Waals surface area contributed by atoms with Gasteiger partial charge in [-0.25, -0.2) is 14.0 Å². The van der Waals surface area contributed by atoms with Crippen molar-refractivity contribution < 1.29 is 28.6 Å². The first kappa shape index (κ1) is 24.0. The third-order valence-corrected chi connectivity index (χ3v) is 8.62. The number of halogens is 1. The topological polar surface area (TPSA) is 135 Å². The monoisotopic (exact) mass is 528 g/mol. The lowest BCUT2D eigenvalue weighted by atomic mass is 10.1. The highest BCUT2D eigenvalue weighted by molar-refractivity contribution is 8.00. The summed E-state index contributed by atoms with van der Waals surface area (Å²) in [5.41, 5.74) is 6.15. The van der Waals surface area contributed by atoms with Gasteiger partial charge < -0.3 is 25.0 Å². The second-order valence-electron chi connectivity index (χ2n) is 9.89. The number of aliphatic carboxylic acids is 1. The zero-order valence-electron chi connectivity index (χ0n) is 19.8. The van der Waals surface area contributed by atoms with Crippen molar-refractivity contribution in [3.05, 3.63) is 51.2 Å². The lowest BCUT2D eigenvalue weighted by Gasteiger charge is -2.43. The highest BCUT2D eigenvalue weighted by Crippen LogP contribution is 2.40. The van der Waals surface area contributed by atoms with Gasteiger partial charge in [-0.3, -0.25) is 14.5 Å². The fourth-order valence-corrected chi connectivity index (χ4v) is 6.47. The van der Waals surface area contributed by atoms with Crippen molar-refractivity contribution in [2.24, 2.45) is 5.73 Å². The summed E-state index contributed by atoms with van der Waals surface area (Å²) in [6.07, 6.45) is 4.22. The summed E-state index contributed by atoms with van der Waals surface area (Å²) in [7, 11) is 0. The van der Waals surface area contributed by atoms with Gasteiger partial charge in [0.1, 0.15) is 23.7 Å². The molecular weight excluding hydrogens is 503 g/mol. The Bertz CT molecular complexity index is 1450. The number of thioether (sulfide) groups is 1. The molecule has 0 bridgehead atoms. The number of pyridine rings is 1. The molecular formula is C25H25FN4O6S. The number of rotatable bonds is 6. The van der Waals surface area contributed by atoms with E-state index < -0.39 is 23.2 Å². The van der Waals surface area contributed by atoms with Crippen molar-refractivity contribution in [3.63, 3.8) is 0 Å². The van der Waals surface area contributed by atoms with E-state index in [1.54, 1.807) is 6.07 Å². The Morgan fingerprint density at radius 3 is 2.65 bits per heavy atom. The van der Waals surface area contributed by atoms with Crippen molar-refractivity contribution in [1.29, 1.82) is 0 Å². The normalized spacial score (nSPS) is 23.4. The summed E-state index contributed by atoms with van der Waals surface area (Å²) in [6.45, 7) is 0.780. The van der Waals surface area contributed by atoms with Gasteiger partial charge in [-0.2, -0.15) is 0 Å². The molecule has 1 amide bonds. The minimum atomic E-state index is -1.27. The number of amides is 1. The number of β-lactam (4-membered cyclic amide) rings is 1. The number of carbonyl (C=O) groups excluding carboxylic acids is 2. The largest absolute Gasteiger partial charge is 0.477 e. The molecule has 2 saturated heterocycles. The first-order chi connectivity index (χ1) is 17.7. The number of hydrogen-bond acceptors (Lipinski definition) is 8. The van der Waals surface area contributed by atoms with Gasteiger partial charge in [0.25, 0.3) is 0 Å². The van der Waals surface area contributed by atoms with E-state index in [0.29, 0.717) is 30.0 Å². The number of nitrogens with zero attached hydrogens (tertiary/aromatic N) is 3. The molecule has 1 aromatic carbocycles. The van der Waals surface area contributed by atoms with E-state index in [4.69, 9.17) is 10.5 Å². The van der Waals surface area contributed by atoms with Gasteiger partial charge in [0, 0.05) is 48.1 Å². The van der Waals surface area contributed by atoms with Crippen LogP contribution in [0, 0.1) is 5.82 Å². The van der Waals surface area contributed by atoms with Crippen LogP contribution in [-0.4, -0.2) is 69.3 Å². The van der Waals surface area contributed by atoms with E-state index in [0.717, 1.165) is 19.3 Å². The first-order valence-electron chi connectivity index (χ1n) is 12.2. The first-order valence-corrected chi connectivity index (χ1v) is 13.2. The van der Waals surface area contributed by atoms with Gasteiger partial charge in [0.05, 0.1) is 23.0 Å². The molecule has 194 valence electrons. The number of esters is 1. The van der Waals surface area contributed by atoms with Gasteiger partial charge in [-0.05, 0) is 31.4 Å². The number of fused-ring (bicyclic) bond motifs is 2. The Labute approximate surface area is 214 Å². The van der Waals surface area contributed by atoms with Crippen LogP contribution < -0.4 is 16.1 Å². The van der Waals surface area contributed by atoms with Crippen molar-refractivity contribution in [3.8, 4) is 0 Å². The lowest BCUT2D eigenvalue weighted by Crippen LogP contribution is -2.54. The van der Waals surface area contributed by atoms with Crippen LogP contribution in [0.2, 0.25) is 0 Å². The zero-order chi connectivity index (χ0) is 26.0. The van der Waals surface area contributed by atoms with Gasteiger partial charge in [0.2, 0.25) is 11.3 Å². The predicted octanol–water partition coefficient (Wildman–Crippen LogP) is 1.81. The van der Waals surface area contributed by atoms with Crippen LogP contribution in [0.5, 0.6) is 0 Å². The van der Waals surface area contributed by atoms with E-state index in [1.807, 2.05) is 9.47 Å². The minimum absolute atomic E-state index is 0.0395. The van der Waals surface area contributed by atoms with Crippen molar-refractivity contribution >= 4 is 46.2 Å². The summed E-state index contributed by atoms with van der Waals surface area (Å²) in [6, 6.07) is 2.87. The molecule has 10 nitrogen and oxygen atoms in total. The number of anilines is 1. The highest BCUT2D eigenvalue weighted by atomic mass is 32.2. The third-order valence-electron chi connectivity index (χ3n) is 7.34. The van der Waals surface area contributed by atoms with Crippen molar-refractivity contribution in [2.45, 2.75) is 43.1 Å². The molecule has 4 heterocycles. The fourth-order valence-electron chi connectivity index (χ4n) is 5.23. The van der Waals surface area contributed by atoms with Gasteiger partial charge in [-0.15, -0.1) is 11.8 Å². The number of carboxylic acid groups (broad SMARTS) is 1. The van der Waals surface area contributed by atoms with Gasteiger partial charge in [-0.1, -0.05) is 0 Å². The maximum Gasteiger partial charge on any atom is 0.352 e. The van der Waals surface area contributed by atoms with Crippen LogP contribution in [0.3, 0.4) is 0 Å². The maximum absolute atomic E-state index is 15.1. The molecule has 1 aliphatic carbocycles. The van der Waals surface area contributed by atoms with Crippen LogP contribution in [0.25, 0.3) is 10.9 Å². The average molecular weight is 529 g/mol. The Balaban J connectivity index is 1.33. The Hall–Kier alpha value is -3.38. The number of aromatic nitrogens is 1. The second-order valence-corrected chi connectivity index (χ2v) is 11.1. The van der Waals surface area contributed by atoms with E-state index in [-0.39, 0.29) is 58.6 Å². The van der Waals surface area contributed by atoms with Crippen LogP contribution >= 0.6 is 11.8 Å². The number of nitrogens with two attached hydrogens (primary N) is 1. The van der Waals surface area contributed by atoms with Crippen LogP contribution in [-0.2, 0) is 14.3 Å². The summed E-state index contributed by atoms with van der Waals surface area (Å²) < 4.78 is 22.3. The number of carbonyl (C=O) groups is 3. The molecule has 3 fully saturated rings. The molecule has 12 heteroatoms. The lowest BCUT2D eigenvalue weighted by molar-refractivity contribution is -0.146. The molecule has 37 heavy (non-hydrogen) atoms. The van der Waals surface area contributed by atoms with Crippen molar-refractivity contribution in [2.75, 3.05) is 30.3 Å². The molecule has 3 N–H and O–H groups in total. The summed E-state index contributed by atoms with van der Waals surface area (Å²) in [5.74, 6) is -2.75. The highest BCUT2D eigenvalue weighted by Gasteiger charge is 2.45. The van der Waals surface area contributed by atoms with E-state index >= 15 is 4.39 Å². The number of benzene rings is 1. The Kier molecular flexibility index (Phi) is 5.75. The molecule has 3 aliphatic heterocycles. The maximum atomic E-state index is 15.1. The van der Waals surface area contributed by atoms with E-state index in [2.05, 4.69) is 0 Å². The van der Waals surface area contributed by atoms with Gasteiger partial charge >= 0.3 is 11.9 Å². The molecule has 0 spiro atoms. The van der Waals surface area contributed by atoms with E-state index in [1.165, 1.54) is 28.9 Å². The van der Waals surface area contributed by atoms with Crippen LogP contribution in [0.4, 0.5) is 10.1 Å². The van der Waals surface area contributed by atoms with Gasteiger partial charge in [0.15, 0.2) is 0 Å². The molecule has 1 aromatic heterocycles. The van der Waals surface area contributed by atoms with Crippen molar-refractivity contribution in [1.82, 2.24) is 9.47 Å². The smallest absolute Gasteiger partial charge is 0.352 e. The summed E-state index contributed by atoms with van der Waals surface area (Å²) in [4.78, 5) is 53.2. The standard InChI is InChI=1S/C25H25FN4O6S/c26-17-5-15-18(6-19(17)28-4-3-13(27)8-28)29(14-1-2-14)9-16(23(15)32)25(35)36-10-12-11-37-21-7-20(31)30(21)22(12)24(33)34/h5-6,9,13-14,21H,1-4,7-8,10-11,27H2,(H,33,34). The molecule has 0 radical (unpaired) electrons. The molecule has 4 aliphatic rings. The fraction of sp³-hybridized carbons (Fsp3) is 0.440. The second kappa shape index (κ2) is 8.88. The molecule has 2 aromatic rings. The zero-order valence-corrected chi connectivity index (χ0v) is 20.6. The van der Waals surface area contributed by atoms with Crippen LogP contribution in [0.15, 0.2) is 34.4 Å². The molecule has 6 rings (SSSR count). The summed E-state index contributed by atoms with van der Waals surface area (Å²) >= 11 is 1.40. The van der Waals surface area contributed by atoms with E-state index in [9.17, 15) is 24.3 Å². The number of ether oxygens (including phenoxy) is 1. The quantitative estimate of drug-likeness (QED) is 0.425. The van der Waals surface area contributed by atoms with Crippen LogP contribution in [0.1, 0.15) is 42.1 Å². The molecule has 2 unspecified atom stereocenters.